The first-order valence-electron chi connectivity index (χ1n) is 16.5. The molecule has 6 rings (SSSR count). The van der Waals surface area contributed by atoms with Crippen molar-refractivity contribution in [1.82, 2.24) is 15.5 Å². The molecule has 0 aromatic heterocycles. The van der Waals surface area contributed by atoms with Gasteiger partial charge < -0.3 is 25.4 Å². The molecule has 0 saturated carbocycles. The predicted molar refractivity (Wildman–Crippen MR) is 192 cm³/mol. The van der Waals surface area contributed by atoms with Gasteiger partial charge in [0.15, 0.2) is 0 Å². The van der Waals surface area contributed by atoms with Crippen LogP contribution in [0.5, 0.6) is 11.5 Å². The summed E-state index contributed by atoms with van der Waals surface area (Å²) >= 11 is 6.26. The first-order valence-corrected chi connectivity index (χ1v) is 17.0. The number of allylic oxidation sites excluding steroid dienone is 1. The van der Waals surface area contributed by atoms with Crippen LogP contribution in [0.2, 0.25) is 0 Å². The Kier molecular flexibility index (Phi) is 10.8. The van der Waals surface area contributed by atoms with Crippen LogP contribution in [0.15, 0.2) is 97.1 Å². The van der Waals surface area contributed by atoms with Gasteiger partial charge in [0, 0.05) is 35.7 Å². The molecule has 4 N–H and O–H groups in total. The van der Waals surface area contributed by atoms with Gasteiger partial charge in [-0.1, -0.05) is 60.7 Å². The van der Waals surface area contributed by atoms with Gasteiger partial charge in [0.25, 0.3) is 5.91 Å². The number of carbonyl (C=O) groups excluding carboxylic acids is 4. The summed E-state index contributed by atoms with van der Waals surface area (Å²) in [6.07, 6.45) is 1.12. The number of hydrogen-bond acceptors (Lipinski definition) is 7. The lowest BCUT2D eigenvalue weighted by molar-refractivity contribution is -0.137. The number of hydrogen-bond donors (Lipinski definition) is 4. The molecule has 2 heterocycles. The largest absolute Gasteiger partial charge is 0.508 e. The number of anilines is 1. The maximum absolute atomic E-state index is 13.1. The topological polar surface area (TPSA) is 137 Å². The van der Waals surface area contributed by atoms with Crippen molar-refractivity contribution in [2.45, 2.75) is 31.8 Å². The minimum atomic E-state index is -0.708. The molecule has 1 atom stereocenters. The number of piperidine rings is 1. The van der Waals surface area contributed by atoms with Crippen molar-refractivity contribution >= 4 is 52.1 Å². The number of fused-ring (bicyclic) bond motifs is 1. The normalized spacial score (nSPS) is 16.0. The number of phenols is 1. The molecule has 0 spiro atoms. The molecule has 256 valence electrons. The number of ether oxygens (including phenoxy) is 1. The van der Waals surface area contributed by atoms with Crippen molar-refractivity contribution < 1.29 is 29.0 Å². The van der Waals surface area contributed by atoms with E-state index in [1.807, 2.05) is 54.6 Å². The summed E-state index contributed by atoms with van der Waals surface area (Å²) < 4.78 is 5.92. The van der Waals surface area contributed by atoms with Crippen molar-refractivity contribution in [3.8, 4) is 11.5 Å². The second kappa shape index (κ2) is 15.7. The average Bonchev–Trinajstić information content (AvgIpc) is 3.46. The third-order valence-corrected chi connectivity index (χ3v) is 8.97. The Labute approximate surface area is 295 Å². The van der Waals surface area contributed by atoms with Crippen LogP contribution in [0.25, 0.3) is 11.1 Å². The molecular formula is C39H37ClN4O6. The van der Waals surface area contributed by atoms with Crippen LogP contribution in [0.3, 0.4) is 0 Å². The van der Waals surface area contributed by atoms with Crippen LogP contribution in [0.4, 0.5) is 5.69 Å². The first-order chi connectivity index (χ1) is 24.3. The lowest BCUT2D eigenvalue weighted by atomic mass is 9.88. The van der Waals surface area contributed by atoms with Crippen molar-refractivity contribution in [3.63, 3.8) is 0 Å². The number of amides is 4. The van der Waals surface area contributed by atoms with Gasteiger partial charge in [0.1, 0.15) is 24.1 Å². The quantitative estimate of drug-likeness (QED) is 0.0642. The van der Waals surface area contributed by atoms with E-state index in [-0.39, 0.29) is 62.6 Å². The monoisotopic (exact) mass is 692 g/mol. The summed E-state index contributed by atoms with van der Waals surface area (Å²) in [7, 11) is 0. The molecule has 2 aliphatic rings. The minimum Gasteiger partial charge on any atom is -0.508 e. The van der Waals surface area contributed by atoms with Gasteiger partial charge in [-0.3, -0.25) is 24.5 Å². The van der Waals surface area contributed by atoms with E-state index in [0.29, 0.717) is 34.9 Å². The number of halogens is 1. The third kappa shape index (κ3) is 7.82. The molecule has 50 heavy (non-hydrogen) atoms. The van der Waals surface area contributed by atoms with Crippen LogP contribution < -0.4 is 20.7 Å². The molecule has 1 unspecified atom stereocenters. The van der Waals surface area contributed by atoms with E-state index in [0.717, 1.165) is 27.8 Å². The van der Waals surface area contributed by atoms with Gasteiger partial charge in [-0.15, -0.1) is 11.6 Å². The number of carbonyl (C=O) groups is 4. The standard InChI is InChI=1S/C39H37ClN4O6/c40-20-19-30(25-5-2-1-3-6-25)37(26-9-13-28(45)14-10-26)27-11-15-29(16-12-27)50-22-21-41-36(47)23-42-33-8-4-7-31-32(33)24-44(39(31)49)34-17-18-35(46)43-38(34)48/h1-16,34,42,45H,17-24H2,(H,41,47)(H,43,46,48). The van der Waals surface area contributed by atoms with Gasteiger partial charge in [-0.25, -0.2) is 0 Å². The molecule has 0 bridgehead atoms. The molecule has 0 radical (unpaired) electrons. The van der Waals surface area contributed by atoms with Crippen LogP contribution >= 0.6 is 11.6 Å². The second-order valence-corrected chi connectivity index (χ2v) is 12.4. The van der Waals surface area contributed by atoms with Gasteiger partial charge >= 0.3 is 0 Å². The van der Waals surface area contributed by atoms with E-state index in [2.05, 4.69) is 28.1 Å². The Balaban J connectivity index is 1.04. The van der Waals surface area contributed by atoms with Crippen LogP contribution in [0.1, 0.15) is 51.9 Å². The molecule has 1 saturated heterocycles. The van der Waals surface area contributed by atoms with Gasteiger partial charge in [0.05, 0.1) is 13.1 Å². The summed E-state index contributed by atoms with van der Waals surface area (Å²) in [5, 5.41) is 18.2. The maximum atomic E-state index is 13.1. The summed E-state index contributed by atoms with van der Waals surface area (Å²) in [5.41, 5.74) is 6.93. The summed E-state index contributed by atoms with van der Waals surface area (Å²) in [6, 6.07) is 29.5. The fourth-order valence-electron chi connectivity index (χ4n) is 6.36. The number of alkyl halides is 1. The van der Waals surface area contributed by atoms with E-state index < -0.39 is 11.9 Å². The van der Waals surface area contributed by atoms with Crippen LogP contribution in [-0.4, -0.2) is 65.3 Å². The number of nitrogens with zero attached hydrogens (tertiary/aromatic N) is 1. The van der Waals surface area contributed by atoms with E-state index in [1.54, 1.807) is 30.3 Å². The number of aromatic hydroxyl groups is 1. The number of imide groups is 1. The Morgan fingerprint density at radius 1 is 0.900 bits per heavy atom. The number of phenolic OH excluding ortho intramolecular Hbond substituents is 1. The molecule has 4 aromatic rings. The number of nitrogens with one attached hydrogen (secondary N) is 3. The average molecular weight is 693 g/mol. The Morgan fingerprint density at radius 2 is 1.62 bits per heavy atom. The van der Waals surface area contributed by atoms with Crippen molar-refractivity contribution in [3.05, 3.63) is 125 Å². The Hall–Kier alpha value is -5.61. The van der Waals surface area contributed by atoms with E-state index in [9.17, 15) is 24.3 Å². The summed E-state index contributed by atoms with van der Waals surface area (Å²) in [5.74, 6) is -0.0330. The molecule has 0 aliphatic carbocycles. The van der Waals surface area contributed by atoms with Gasteiger partial charge in [-0.05, 0) is 77.1 Å². The van der Waals surface area contributed by atoms with E-state index in [1.165, 1.54) is 4.90 Å². The lowest BCUT2D eigenvalue weighted by Crippen LogP contribution is -2.52. The fourth-order valence-corrected chi connectivity index (χ4v) is 6.55. The number of benzene rings is 4. The van der Waals surface area contributed by atoms with E-state index >= 15 is 0 Å². The highest BCUT2D eigenvalue weighted by Crippen LogP contribution is 2.36. The number of rotatable bonds is 13. The highest BCUT2D eigenvalue weighted by molar-refractivity contribution is 6.18. The minimum absolute atomic E-state index is 0.0177. The van der Waals surface area contributed by atoms with Gasteiger partial charge in [0.2, 0.25) is 17.7 Å². The van der Waals surface area contributed by atoms with Crippen LogP contribution in [-0.2, 0) is 20.9 Å². The molecule has 4 amide bonds. The van der Waals surface area contributed by atoms with Crippen molar-refractivity contribution in [2.24, 2.45) is 0 Å². The zero-order valence-corrected chi connectivity index (χ0v) is 28.0. The summed E-state index contributed by atoms with van der Waals surface area (Å²) in [4.78, 5) is 51.2. The predicted octanol–water partition coefficient (Wildman–Crippen LogP) is 5.35. The third-order valence-electron chi connectivity index (χ3n) is 8.78. The van der Waals surface area contributed by atoms with Crippen molar-refractivity contribution in [1.29, 1.82) is 0 Å². The Bertz CT molecular complexity index is 1910. The smallest absolute Gasteiger partial charge is 0.255 e. The maximum Gasteiger partial charge on any atom is 0.255 e. The fraction of sp³-hybridized carbons (Fsp3) is 0.231. The zero-order chi connectivity index (χ0) is 35.0. The molecule has 11 heteroatoms. The zero-order valence-electron chi connectivity index (χ0n) is 27.3. The Morgan fingerprint density at radius 3 is 2.32 bits per heavy atom. The molecule has 10 nitrogen and oxygen atoms in total. The van der Waals surface area contributed by atoms with Crippen LogP contribution in [0, 0.1) is 0 Å². The van der Waals surface area contributed by atoms with Crippen molar-refractivity contribution in [2.75, 3.05) is 30.9 Å². The van der Waals surface area contributed by atoms with Gasteiger partial charge in [-0.2, -0.15) is 0 Å². The lowest BCUT2D eigenvalue weighted by Gasteiger charge is -2.29. The molecule has 2 aliphatic heterocycles. The van der Waals surface area contributed by atoms with E-state index in [4.69, 9.17) is 16.3 Å². The SMILES string of the molecule is O=C(CNc1cccc2c1CN(C1CCC(=O)NC1=O)C2=O)NCCOc1ccc(C(=C(CCCl)c2ccccc2)c2ccc(O)cc2)cc1. The highest BCUT2D eigenvalue weighted by atomic mass is 35.5. The second-order valence-electron chi connectivity index (χ2n) is 12.0. The highest BCUT2D eigenvalue weighted by Gasteiger charge is 2.39. The molecular weight excluding hydrogens is 656 g/mol. The summed E-state index contributed by atoms with van der Waals surface area (Å²) in [6.45, 7) is 0.730. The molecule has 4 aromatic carbocycles. The molecule has 1 fully saturated rings. The first kappa shape index (κ1) is 34.3.